The summed E-state index contributed by atoms with van der Waals surface area (Å²) in [7, 11) is 0. The zero-order valence-electron chi connectivity index (χ0n) is 6.59. The fourth-order valence-corrected chi connectivity index (χ4v) is 0.868. The van der Waals surface area contributed by atoms with Crippen molar-refractivity contribution >= 4 is 35.9 Å². The zero-order valence-corrected chi connectivity index (χ0v) is 8.30. The quantitative estimate of drug-likeness (QED) is 0.761. The second-order valence-electron chi connectivity index (χ2n) is 2.34. The average Bonchev–Trinajstić information content (AvgIpc) is 1.79. The van der Waals surface area contributed by atoms with Gasteiger partial charge in [-0.15, -0.1) is 25.0 Å². The van der Waals surface area contributed by atoms with Gasteiger partial charge < -0.3 is 0 Å². The first-order valence-corrected chi connectivity index (χ1v) is 3.49. The third-order valence-electron chi connectivity index (χ3n) is 1.18. The number of Topliss-reactive ketones (excluding diaryl/α,β-unsaturated/α-hetero) is 1. The average molecular weight is 237 g/mol. The van der Waals surface area contributed by atoms with Crippen LogP contribution in [0.4, 0.5) is 13.2 Å². The molecule has 13 heavy (non-hydrogen) atoms. The highest BCUT2D eigenvalue weighted by atomic mass is 35.5. The Bertz CT molecular complexity index is 205. The lowest BCUT2D eigenvalue weighted by Gasteiger charge is -2.14. The summed E-state index contributed by atoms with van der Waals surface area (Å²) in [5, 5.41) is -1.32. The number of hydrogen-bond acceptors (Lipinski definition) is 2. The van der Waals surface area contributed by atoms with Crippen LogP contribution in [0.15, 0.2) is 0 Å². The van der Waals surface area contributed by atoms with E-state index < -0.39 is 29.4 Å². The minimum Gasteiger partial charge on any atom is -0.300 e. The number of carbonyl (C=O) groups is 2. The molecule has 7 heteroatoms. The summed E-state index contributed by atoms with van der Waals surface area (Å²) in [4.78, 5) is 20.6. The van der Waals surface area contributed by atoms with Crippen molar-refractivity contribution in [1.82, 2.24) is 0 Å². The Morgan fingerprint density at radius 3 is 1.85 bits per heavy atom. The van der Waals surface area contributed by atoms with Gasteiger partial charge in [0.05, 0.1) is 0 Å². The molecule has 0 unspecified atom stereocenters. The molecule has 0 aliphatic carbocycles. The van der Waals surface area contributed by atoms with Crippen molar-refractivity contribution in [2.45, 2.75) is 19.5 Å². The third-order valence-corrected chi connectivity index (χ3v) is 1.50. The van der Waals surface area contributed by atoms with Crippen LogP contribution in [0, 0.1) is 5.92 Å². The van der Waals surface area contributed by atoms with E-state index in [0.29, 0.717) is 0 Å². The minimum absolute atomic E-state index is 0. The Hall–Kier alpha value is -0.230. The SMILES string of the molecule is CC(=O)C[C@H](C(=O)S)C(F)(F)F.Cl. The molecule has 0 aliphatic heterocycles. The van der Waals surface area contributed by atoms with E-state index in [4.69, 9.17) is 0 Å². The normalized spacial score (nSPS) is 13.0. The van der Waals surface area contributed by atoms with Crippen LogP contribution in [0.1, 0.15) is 13.3 Å². The Labute approximate surface area is 84.7 Å². The second kappa shape index (κ2) is 5.49. The van der Waals surface area contributed by atoms with Crippen LogP contribution in [0.2, 0.25) is 0 Å². The highest BCUT2D eigenvalue weighted by Gasteiger charge is 2.43. The second-order valence-corrected chi connectivity index (χ2v) is 2.78. The highest BCUT2D eigenvalue weighted by Crippen LogP contribution is 2.30. The lowest BCUT2D eigenvalue weighted by atomic mass is 10.0. The smallest absolute Gasteiger partial charge is 0.300 e. The van der Waals surface area contributed by atoms with Crippen molar-refractivity contribution in [2.24, 2.45) is 5.92 Å². The molecular weight excluding hydrogens is 229 g/mol. The number of ketones is 1. The molecule has 1 atom stereocenters. The van der Waals surface area contributed by atoms with Crippen LogP contribution in [-0.4, -0.2) is 17.1 Å². The first kappa shape index (κ1) is 15.3. The van der Waals surface area contributed by atoms with Gasteiger partial charge in [0, 0.05) is 6.42 Å². The van der Waals surface area contributed by atoms with E-state index in [2.05, 4.69) is 12.6 Å². The maximum Gasteiger partial charge on any atom is 0.399 e. The van der Waals surface area contributed by atoms with Gasteiger partial charge in [0.2, 0.25) is 0 Å². The molecule has 0 heterocycles. The molecule has 0 aromatic rings. The number of alkyl halides is 3. The van der Waals surface area contributed by atoms with Gasteiger partial charge in [0.25, 0.3) is 0 Å². The first-order valence-electron chi connectivity index (χ1n) is 3.04. The van der Waals surface area contributed by atoms with Crippen LogP contribution in [0.5, 0.6) is 0 Å². The molecule has 0 aliphatic rings. The van der Waals surface area contributed by atoms with Crippen LogP contribution in [-0.2, 0) is 9.59 Å². The van der Waals surface area contributed by atoms with Gasteiger partial charge in [0.15, 0.2) is 5.12 Å². The van der Waals surface area contributed by atoms with E-state index in [1.54, 1.807) is 0 Å². The van der Waals surface area contributed by atoms with E-state index in [0.717, 1.165) is 6.92 Å². The molecule has 0 N–H and O–H groups in total. The summed E-state index contributed by atoms with van der Waals surface area (Å²) >= 11 is 3.05. The van der Waals surface area contributed by atoms with Gasteiger partial charge in [-0.1, -0.05) is 0 Å². The van der Waals surface area contributed by atoms with Gasteiger partial charge in [-0.05, 0) is 6.92 Å². The zero-order chi connectivity index (χ0) is 9.94. The summed E-state index contributed by atoms with van der Waals surface area (Å²) in [6.07, 6.45) is -5.50. The minimum atomic E-state index is -4.68. The van der Waals surface area contributed by atoms with Gasteiger partial charge >= 0.3 is 6.18 Å². The van der Waals surface area contributed by atoms with E-state index >= 15 is 0 Å². The lowest BCUT2D eigenvalue weighted by Crippen LogP contribution is -2.29. The molecule has 0 saturated carbocycles. The first-order chi connectivity index (χ1) is 5.25. The van der Waals surface area contributed by atoms with E-state index in [1.807, 2.05) is 0 Å². The summed E-state index contributed by atoms with van der Waals surface area (Å²) in [5.74, 6) is -2.95. The number of rotatable bonds is 3. The molecule has 0 bridgehead atoms. The highest BCUT2D eigenvalue weighted by molar-refractivity contribution is 7.96. The molecule has 0 saturated heterocycles. The Balaban J connectivity index is 0. The fraction of sp³-hybridized carbons (Fsp3) is 0.667. The van der Waals surface area contributed by atoms with Crippen LogP contribution in [0.3, 0.4) is 0 Å². The van der Waals surface area contributed by atoms with Crippen LogP contribution >= 0.6 is 25.0 Å². The van der Waals surface area contributed by atoms with Crippen LogP contribution in [0.25, 0.3) is 0 Å². The van der Waals surface area contributed by atoms with Crippen molar-refractivity contribution < 1.29 is 22.8 Å². The molecule has 0 aromatic heterocycles. The Morgan fingerprint density at radius 2 is 1.77 bits per heavy atom. The Morgan fingerprint density at radius 1 is 1.38 bits per heavy atom. The molecular formula is C6H8ClF3O2S. The predicted octanol–water partition coefficient (Wildman–Crippen LogP) is 2.02. The fourth-order valence-electron chi connectivity index (χ4n) is 0.631. The van der Waals surface area contributed by atoms with Crippen molar-refractivity contribution in [3.05, 3.63) is 0 Å². The topological polar surface area (TPSA) is 34.1 Å². The molecule has 0 rings (SSSR count). The van der Waals surface area contributed by atoms with Crippen LogP contribution < -0.4 is 0 Å². The summed E-state index contributed by atoms with van der Waals surface area (Å²) in [6.45, 7) is 0.995. The summed E-state index contributed by atoms with van der Waals surface area (Å²) in [6, 6.07) is 0. The summed E-state index contributed by atoms with van der Waals surface area (Å²) in [5.41, 5.74) is 0. The number of carbonyl (C=O) groups excluding carboxylic acids is 2. The maximum atomic E-state index is 11.9. The third kappa shape index (κ3) is 5.93. The van der Waals surface area contributed by atoms with Gasteiger partial charge in [0.1, 0.15) is 11.7 Å². The maximum absolute atomic E-state index is 11.9. The van der Waals surface area contributed by atoms with Crippen molar-refractivity contribution in [3.8, 4) is 0 Å². The van der Waals surface area contributed by atoms with E-state index in [9.17, 15) is 22.8 Å². The monoisotopic (exact) mass is 236 g/mol. The predicted molar refractivity (Wildman–Crippen MR) is 46.1 cm³/mol. The number of thiol groups is 1. The van der Waals surface area contributed by atoms with Crippen molar-refractivity contribution in [1.29, 1.82) is 0 Å². The van der Waals surface area contributed by atoms with Gasteiger partial charge in [-0.2, -0.15) is 13.2 Å². The molecule has 0 radical (unpaired) electrons. The molecule has 0 spiro atoms. The van der Waals surface area contributed by atoms with E-state index in [-0.39, 0.29) is 12.4 Å². The van der Waals surface area contributed by atoms with Crippen molar-refractivity contribution in [2.75, 3.05) is 0 Å². The molecule has 78 valence electrons. The lowest BCUT2D eigenvalue weighted by molar-refractivity contribution is -0.179. The molecule has 0 fully saturated rings. The summed E-state index contributed by atoms with van der Waals surface area (Å²) < 4.78 is 35.7. The number of halogens is 4. The van der Waals surface area contributed by atoms with Gasteiger partial charge in [-0.25, -0.2) is 0 Å². The Kier molecular flexibility index (Phi) is 6.44. The standard InChI is InChI=1S/C6H7F3O2S.ClH/c1-3(10)2-4(5(11)12)6(7,8)9;/h4H,2H2,1H3,(H,11,12);1H/t4-;/m1./s1. The largest absolute Gasteiger partial charge is 0.399 e. The molecule has 0 amide bonds. The van der Waals surface area contributed by atoms with Gasteiger partial charge in [-0.3, -0.25) is 9.59 Å². The molecule has 2 nitrogen and oxygen atoms in total. The van der Waals surface area contributed by atoms with Crippen molar-refractivity contribution in [3.63, 3.8) is 0 Å². The van der Waals surface area contributed by atoms with E-state index in [1.165, 1.54) is 0 Å². The number of hydrogen-bond donors (Lipinski definition) is 1. The molecule has 0 aromatic carbocycles.